The summed E-state index contributed by atoms with van der Waals surface area (Å²) in [7, 11) is -0.283. The molecule has 1 heterocycles. The van der Waals surface area contributed by atoms with Crippen molar-refractivity contribution >= 4 is 16.1 Å². The summed E-state index contributed by atoms with van der Waals surface area (Å²) in [4.78, 5) is 13.0. The zero-order chi connectivity index (χ0) is 13.4. The minimum absolute atomic E-state index is 0.204. The molecule has 0 radical (unpaired) electrons. The molecule has 100 valence electrons. The number of ether oxygens (including phenoxy) is 1. The van der Waals surface area contributed by atoms with Crippen LogP contribution < -0.4 is 0 Å². The molecule has 6 nitrogen and oxygen atoms in total. The number of rotatable bonds is 2. The van der Waals surface area contributed by atoms with E-state index in [-0.39, 0.29) is 13.1 Å². The van der Waals surface area contributed by atoms with Crippen LogP contribution in [-0.4, -0.2) is 61.8 Å². The zero-order valence-electron chi connectivity index (χ0n) is 10.9. The van der Waals surface area contributed by atoms with Crippen LogP contribution in [0.25, 0.3) is 0 Å². The van der Waals surface area contributed by atoms with Crippen LogP contribution in [0.2, 0.25) is 0 Å². The SMILES string of the molecule is CN(C)S(=O)(=O)C1CN(C(=O)OC(C)(C)C)C1. The summed E-state index contributed by atoms with van der Waals surface area (Å²) in [5.41, 5.74) is -0.553. The first kappa shape index (κ1) is 14.2. The molecular weight excluding hydrogens is 244 g/mol. The summed E-state index contributed by atoms with van der Waals surface area (Å²) < 4.78 is 29.8. The van der Waals surface area contributed by atoms with Gasteiger partial charge in [-0.2, -0.15) is 0 Å². The summed E-state index contributed by atoms with van der Waals surface area (Å²) in [5, 5.41) is -0.509. The molecule has 1 amide bonds. The van der Waals surface area contributed by atoms with Gasteiger partial charge in [-0.25, -0.2) is 17.5 Å². The van der Waals surface area contributed by atoms with Crippen LogP contribution in [0.3, 0.4) is 0 Å². The lowest BCUT2D eigenvalue weighted by molar-refractivity contribution is 0.0136. The quantitative estimate of drug-likeness (QED) is 0.728. The van der Waals surface area contributed by atoms with Crippen molar-refractivity contribution in [1.82, 2.24) is 9.21 Å². The number of likely N-dealkylation sites (tertiary alicyclic amines) is 1. The molecule has 0 unspecified atom stereocenters. The molecule has 1 aliphatic rings. The Balaban J connectivity index is 2.51. The van der Waals surface area contributed by atoms with Crippen molar-refractivity contribution in [3.8, 4) is 0 Å². The highest BCUT2D eigenvalue weighted by atomic mass is 32.2. The van der Waals surface area contributed by atoms with Gasteiger partial charge in [0.05, 0.1) is 0 Å². The van der Waals surface area contributed by atoms with E-state index in [2.05, 4.69) is 0 Å². The second kappa shape index (κ2) is 4.45. The van der Waals surface area contributed by atoms with Gasteiger partial charge in [-0.15, -0.1) is 0 Å². The predicted molar refractivity (Wildman–Crippen MR) is 64.2 cm³/mol. The third kappa shape index (κ3) is 3.32. The molecule has 1 saturated heterocycles. The first-order chi connectivity index (χ1) is 7.54. The Morgan fingerprint density at radius 2 is 1.76 bits per heavy atom. The molecule has 0 aromatic carbocycles. The van der Waals surface area contributed by atoms with Gasteiger partial charge in [0.25, 0.3) is 0 Å². The van der Waals surface area contributed by atoms with Crippen LogP contribution in [0.5, 0.6) is 0 Å². The third-order valence-corrected chi connectivity index (χ3v) is 4.59. The lowest BCUT2D eigenvalue weighted by atomic mass is 10.2. The number of nitrogens with zero attached hydrogens (tertiary/aromatic N) is 2. The maximum Gasteiger partial charge on any atom is 0.410 e. The van der Waals surface area contributed by atoms with Crippen molar-refractivity contribution in [3.05, 3.63) is 0 Å². The van der Waals surface area contributed by atoms with E-state index in [1.165, 1.54) is 23.3 Å². The Labute approximate surface area is 103 Å². The summed E-state index contributed by atoms with van der Waals surface area (Å²) in [6, 6.07) is 0. The monoisotopic (exact) mass is 264 g/mol. The lowest BCUT2D eigenvalue weighted by Gasteiger charge is -2.39. The number of hydrogen-bond donors (Lipinski definition) is 0. The van der Waals surface area contributed by atoms with E-state index >= 15 is 0 Å². The number of hydrogen-bond acceptors (Lipinski definition) is 4. The molecule has 1 fully saturated rings. The fraction of sp³-hybridized carbons (Fsp3) is 0.900. The second-order valence-corrected chi connectivity index (χ2v) is 7.76. The van der Waals surface area contributed by atoms with Gasteiger partial charge in [-0.05, 0) is 20.8 Å². The van der Waals surface area contributed by atoms with Gasteiger partial charge in [0.2, 0.25) is 10.0 Å². The molecule has 1 rings (SSSR count). The van der Waals surface area contributed by atoms with Crippen molar-refractivity contribution < 1.29 is 17.9 Å². The lowest BCUT2D eigenvalue weighted by Crippen LogP contribution is -2.59. The minimum Gasteiger partial charge on any atom is -0.444 e. The number of carbonyl (C=O) groups excluding carboxylic acids is 1. The van der Waals surface area contributed by atoms with Crippen LogP contribution >= 0.6 is 0 Å². The Kier molecular flexibility index (Phi) is 3.73. The van der Waals surface area contributed by atoms with Gasteiger partial charge in [0.15, 0.2) is 0 Å². The smallest absolute Gasteiger partial charge is 0.410 e. The van der Waals surface area contributed by atoms with Gasteiger partial charge in [0.1, 0.15) is 10.9 Å². The maximum atomic E-state index is 11.7. The highest BCUT2D eigenvalue weighted by Crippen LogP contribution is 2.21. The van der Waals surface area contributed by atoms with E-state index in [1.807, 2.05) is 0 Å². The standard InChI is InChI=1S/C10H20N2O4S/c1-10(2,3)16-9(13)12-6-8(7-12)17(14,15)11(4)5/h8H,6-7H2,1-5H3. The normalized spacial score (nSPS) is 18.1. The first-order valence-corrected chi connectivity index (χ1v) is 6.93. The molecule has 0 aromatic heterocycles. The first-order valence-electron chi connectivity index (χ1n) is 5.43. The highest BCUT2D eigenvalue weighted by molar-refractivity contribution is 7.89. The van der Waals surface area contributed by atoms with E-state index in [1.54, 1.807) is 20.8 Å². The van der Waals surface area contributed by atoms with E-state index in [9.17, 15) is 13.2 Å². The molecule has 0 N–H and O–H groups in total. The van der Waals surface area contributed by atoms with Crippen LogP contribution in [-0.2, 0) is 14.8 Å². The van der Waals surface area contributed by atoms with Crippen LogP contribution in [0.4, 0.5) is 4.79 Å². The second-order valence-electron chi connectivity index (χ2n) is 5.33. The average molecular weight is 264 g/mol. The molecule has 0 bridgehead atoms. The minimum atomic E-state index is -3.27. The molecule has 0 saturated carbocycles. The molecule has 7 heteroatoms. The molecule has 17 heavy (non-hydrogen) atoms. The van der Waals surface area contributed by atoms with Crippen LogP contribution in [0.15, 0.2) is 0 Å². The van der Waals surface area contributed by atoms with E-state index in [4.69, 9.17) is 4.74 Å². The van der Waals surface area contributed by atoms with Gasteiger partial charge >= 0.3 is 6.09 Å². The molecule has 0 aromatic rings. The van der Waals surface area contributed by atoms with Crippen molar-refractivity contribution in [2.75, 3.05) is 27.2 Å². The molecular formula is C10H20N2O4S. The molecule has 0 atom stereocenters. The maximum absolute atomic E-state index is 11.7. The number of amides is 1. The van der Waals surface area contributed by atoms with Gasteiger partial charge in [-0.3, -0.25) is 0 Å². The van der Waals surface area contributed by atoms with Crippen LogP contribution in [0.1, 0.15) is 20.8 Å². The molecule has 1 aliphatic heterocycles. The largest absolute Gasteiger partial charge is 0.444 e. The van der Waals surface area contributed by atoms with Gasteiger partial charge < -0.3 is 9.64 Å². The zero-order valence-corrected chi connectivity index (χ0v) is 11.7. The topological polar surface area (TPSA) is 66.9 Å². The fourth-order valence-corrected chi connectivity index (χ4v) is 2.73. The average Bonchev–Trinajstić information content (AvgIpc) is 1.95. The Morgan fingerprint density at radius 1 is 1.29 bits per heavy atom. The van der Waals surface area contributed by atoms with Crippen molar-refractivity contribution in [3.63, 3.8) is 0 Å². The fourth-order valence-electron chi connectivity index (χ4n) is 1.40. The number of carbonyl (C=O) groups is 1. The summed E-state index contributed by atoms with van der Waals surface area (Å²) >= 11 is 0. The Morgan fingerprint density at radius 3 is 2.12 bits per heavy atom. The highest BCUT2D eigenvalue weighted by Gasteiger charge is 2.42. The molecule has 0 spiro atoms. The van der Waals surface area contributed by atoms with Gasteiger partial charge in [-0.1, -0.05) is 0 Å². The third-order valence-electron chi connectivity index (χ3n) is 2.43. The van der Waals surface area contributed by atoms with Crippen molar-refractivity contribution in [1.29, 1.82) is 0 Å². The predicted octanol–water partition coefficient (Wildman–Crippen LogP) is 0.497. The Bertz CT molecular complexity index is 391. The Hall–Kier alpha value is -0.820. The van der Waals surface area contributed by atoms with Crippen molar-refractivity contribution in [2.45, 2.75) is 31.6 Å². The van der Waals surface area contributed by atoms with E-state index in [0.717, 1.165) is 0 Å². The van der Waals surface area contributed by atoms with Crippen molar-refractivity contribution in [2.24, 2.45) is 0 Å². The van der Waals surface area contributed by atoms with E-state index < -0.39 is 27.0 Å². The summed E-state index contributed by atoms with van der Waals surface area (Å²) in [5.74, 6) is 0. The number of sulfonamides is 1. The summed E-state index contributed by atoms with van der Waals surface area (Å²) in [6.07, 6.45) is -0.456. The van der Waals surface area contributed by atoms with Crippen LogP contribution in [0, 0.1) is 0 Å². The summed E-state index contributed by atoms with van der Waals surface area (Å²) in [6.45, 7) is 5.74. The molecule has 0 aliphatic carbocycles. The van der Waals surface area contributed by atoms with E-state index in [0.29, 0.717) is 0 Å². The van der Waals surface area contributed by atoms with Gasteiger partial charge in [0, 0.05) is 27.2 Å².